The van der Waals surface area contributed by atoms with Crippen LogP contribution in [0.5, 0.6) is 0 Å². The molecule has 8 heteroatoms. The standard InChI is InChI=1S/C18H28N4O.3ClH/c19-18(7-8-18)17(23)20-9-4-10-21-11-13-22(14-12-21)15-16-5-2-1-3-6-16;;;/h1-3,5-6H,4,7-15,19H2,(H,20,23);3*1H. The molecule has 150 valence electrons. The van der Waals surface area contributed by atoms with E-state index in [1.807, 2.05) is 0 Å². The lowest BCUT2D eigenvalue weighted by molar-refractivity contribution is -0.123. The minimum atomic E-state index is -0.539. The summed E-state index contributed by atoms with van der Waals surface area (Å²) in [6, 6.07) is 10.7. The Balaban J connectivity index is 0.00000208. The zero-order chi connectivity index (χ0) is 16.1. The van der Waals surface area contributed by atoms with Gasteiger partial charge in [-0.1, -0.05) is 30.3 Å². The fourth-order valence-electron chi connectivity index (χ4n) is 3.05. The highest BCUT2D eigenvalue weighted by Gasteiger charge is 2.45. The second-order valence-electron chi connectivity index (χ2n) is 6.87. The summed E-state index contributed by atoms with van der Waals surface area (Å²) in [7, 11) is 0. The van der Waals surface area contributed by atoms with E-state index in [-0.39, 0.29) is 43.1 Å². The van der Waals surface area contributed by atoms with E-state index >= 15 is 0 Å². The lowest BCUT2D eigenvalue weighted by Gasteiger charge is -2.34. The molecular formula is C18H31Cl3N4O. The number of hydrogen-bond donors (Lipinski definition) is 2. The Hall–Kier alpha value is -0.560. The van der Waals surface area contributed by atoms with Gasteiger partial charge in [0.2, 0.25) is 5.91 Å². The number of nitrogens with two attached hydrogens (primary N) is 1. The van der Waals surface area contributed by atoms with E-state index in [4.69, 9.17) is 5.73 Å². The van der Waals surface area contributed by atoms with Crippen molar-refractivity contribution < 1.29 is 4.79 Å². The molecule has 1 aliphatic carbocycles. The molecule has 2 aliphatic rings. The fraction of sp³-hybridized carbons (Fsp3) is 0.611. The molecule has 0 radical (unpaired) electrons. The predicted molar refractivity (Wildman–Crippen MR) is 114 cm³/mol. The summed E-state index contributed by atoms with van der Waals surface area (Å²) in [4.78, 5) is 16.7. The fourth-order valence-corrected chi connectivity index (χ4v) is 3.05. The number of nitrogens with one attached hydrogen (secondary N) is 1. The van der Waals surface area contributed by atoms with Crippen LogP contribution < -0.4 is 11.1 Å². The lowest BCUT2D eigenvalue weighted by atomic mass is 10.2. The summed E-state index contributed by atoms with van der Waals surface area (Å²) in [5, 5.41) is 2.97. The normalized spacial score (nSPS) is 18.7. The molecule has 0 atom stereocenters. The first-order valence-electron chi connectivity index (χ1n) is 8.72. The highest BCUT2D eigenvalue weighted by atomic mass is 35.5. The summed E-state index contributed by atoms with van der Waals surface area (Å²) in [6.07, 6.45) is 2.67. The molecular weight excluding hydrogens is 395 g/mol. The van der Waals surface area contributed by atoms with Crippen LogP contribution in [-0.4, -0.2) is 60.5 Å². The Kier molecular flexibility index (Phi) is 11.7. The van der Waals surface area contributed by atoms with E-state index in [2.05, 4.69) is 45.4 Å². The quantitative estimate of drug-likeness (QED) is 0.657. The van der Waals surface area contributed by atoms with Gasteiger partial charge in [0.15, 0.2) is 0 Å². The zero-order valence-electron chi connectivity index (χ0n) is 15.1. The Morgan fingerprint density at radius 1 is 1.00 bits per heavy atom. The summed E-state index contributed by atoms with van der Waals surface area (Å²) < 4.78 is 0. The van der Waals surface area contributed by atoms with Crippen molar-refractivity contribution in [3.63, 3.8) is 0 Å². The van der Waals surface area contributed by atoms with Crippen molar-refractivity contribution in [2.75, 3.05) is 39.3 Å². The average molecular weight is 426 g/mol. The number of nitrogens with zero attached hydrogens (tertiary/aromatic N) is 2. The van der Waals surface area contributed by atoms with Crippen LogP contribution in [0.1, 0.15) is 24.8 Å². The molecule has 1 heterocycles. The number of carbonyl (C=O) groups is 1. The molecule has 0 bridgehead atoms. The van der Waals surface area contributed by atoms with Crippen molar-refractivity contribution in [1.29, 1.82) is 0 Å². The molecule has 5 nitrogen and oxygen atoms in total. The van der Waals surface area contributed by atoms with Gasteiger partial charge in [0, 0.05) is 39.3 Å². The summed E-state index contributed by atoms with van der Waals surface area (Å²) >= 11 is 0. The highest BCUT2D eigenvalue weighted by Crippen LogP contribution is 2.31. The molecule has 1 saturated heterocycles. The van der Waals surface area contributed by atoms with Gasteiger partial charge in [-0.2, -0.15) is 0 Å². The Bertz CT molecular complexity index is 520. The number of rotatable bonds is 7. The highest BCUT2D eigenvalue weighted by molar-refractivity contribution is 5.88. The molecule has 1 aliphatic heterocycles. The average Bonchev–Trinajstić information content (AvgIpc) is 3.33. The van der Waals surface area contributed by atoms with Crippen LogP contribution in [0.2, 0.25) is 0 Å². The molecule has 1 saturated carbocycles. The smallest absolute Gasteiger partial charge is 0.240 e. The molecule has 3 rings (SSSR count). The summed E-state index contributed by atoms with van der Waals surface area (Å²) in [5.41, 5.74) is 6.72. The minimum absolute atomic E-state index is 0. The Labute approximate surface area is 175 Å². The van der Waals surface area contributed by atoms with Gasteiger partial charge in [-0.25, -0.2) is 0 Å². The second-order valence-corrected chi connectivity index (χ2v) is 6.87. The molecule has 26 heavy (non-hydrogen) atoms. The lowest BCUT2D eigenvalue weighted by Crippen LogP contribution is -2.47. The molecule has 0 unspecified atom stereocenters. The molecule has 1 amide bonds. The first-order chi connectivity index (χ1) is 11.2. The maximum Gasteiger partial charge on any atom is 0.240 e. The van der Waals surface area contributed by atoms with Gasteiger partial charge in [-0.15, -0.1) is 37.2 Å². The van der Waals surface area contributed by atoms with Crippen LogP contribution in [0.4, 0.5) is 0 Å². The van der Waals surface area contributed by atoms with Crippen molar-refractivity contribution in [3.8, 4) is 0 Å². The van der Waals surface area contributed by atoms with Crippen LogP contribution in [0.15, 0.2) is 30.3 Å². The number of halogens is 3. The monoisotopic (exact) mass is 424 g/mol. The maximum atomic E-state index is 11.7. The molecule has 0 aromatic heterocycles. The Morgan fingerprint density at radius 3 is 2.15 bits per heavy atom. The van der Waals surface area contributed by atoms with Crippen molar-refractivity contribution in [1.82, 2.24) is 15.1 Å². The van der Waals surface area contributed by atoms with E-state index in [1.54, 1.807) is 0 Å². The second kappa shape index (κ2) is 12.0. The van der Waals surface area contributed by atoms with E-state index in [1.165, 1.54) is 5.56 Å². The van der Waals surface area contributed by atoms with Crippen molar-refractivity contribution in [2.24, 2.45) is 5.73 Å². The van der Waals surface area contributed by atoms with Gasteiger partial charge in [-0.05, 0) is 31.4 Å². The molecule has 2 fully saturated rings. The van der Waals surface area contributed by atoms with Crippen molar-refractivity contribution >= 4 is 43.1 Å². The van der Waals surface area contributed by atoms with Gasteiger partial charge in [0.1, 0.15) is 0 Å². The van der Waals surface area contributed by atoms with Gasteiger partial charge in [-0.3, -0.25) is 9.69 Å². The van der Waals surface area contributed by atoms with Gasteiger partial charge in [0.25, 0.3) is 0 Å². The zero-order valence-corrected chi connectivity index (χ0v) is 17.5. The largest absolute Gasteiger partial charge is 0.354 e. The molecule has 0 spiro atoms. The number of hydrogen-bond acceptors (Lipinski definition) is 4. The van der Waals surface area contributed by atoms with E-state index in [0.717, 1.165) is 65.1 Å². The third-order valence-electron chi connectivity index (χ3n) is 4.89. The summed E-state index contributed by atoms with van der Waals surface area (Å²) in [6.45, 7) is 7.30. The van der Waals surface area contributed by atoms with Crippen molar-refractivity contribution in [3.05, 3.63) is 35.9 Å². The van der Waals surface area contributed by atoms with Gasteiger partial charge >= 0.3 is 0 Å². The first kappa shape index (κ1) is 25.4. The van der Waals surface area contributed by atoms with E-state index in [0.29, 0.717) is 0 Å². The third kappa shape index (κ3) is 7.59. The van der Waals surface area contributed by atoms with Gasteiger partial charge in [0.05, 0.1) is 5.54 Å². The molecule has 3 N–H and O–H groups in total. The number of piperazine rings is 1. The van der Waals surface area contributed by atoms with Crippen molar-refractivity contribution in [2.45, 2.75) is 31.3 Å². The minimum Gasteiger partial charge on any atom is -0.354 e. The SMILES string of the molecule is Cl.Cl.Cl.NC1(C(=O)NCCCN2CCN(Cc3ccccc3)CC2)CC1. The number of benzene rings is 1. The summed E-state index contributed by atoms with van der Waals surface area (Å²) in [5.74, 6) is 0.0326. The maximum absolute atomic E-state index is 11.7. The molecule has 1 aromatic carbocycles. The van der Waals surface area contributed by atoms with Crippen LogP contribution in [0.25, 0.3) is 0 Å². The van der Waals surface area contributed by atoms with Crippen LogP contribution >= 0.6 is 37.2 Å². The third-order valence-corrected chi connectivity index (χ3v) is 4.89. The number of amides is 1. The van der Waals surface area contributed by atoms with Gasteiger partial charge < -0.3 is 16.0 Å². The van der Waals surface area contributed by atoms with E-state index < -0.39 is 5.54 Å². The van der Waals surface area contributed by atoms with Crippen LogP contribution in [0, 0.1) is 0 Å². The first-order valence-corrected chi connectivity index (χ1v) is 8.72. The topological polar surface area (TPSA) is 61.6 Å². The Morgan fingerprint density at radius 2 is 1.58 bits per heavy atom. The molecule has 1 aromatic rings. The van der Waals surface area contributed by atoms with E-state index in [9.17, 15) is 4.79 Å². The van der Waals surface area contributed by atoms with Crippen LogP contribution in [-0.2, 0) is 11.3 Å². The number of carbonyl (C=O) groups excluding carboxylic acids is 1. The predicted octanol–water partition coefficient (Wildman–Crippen LogP) is 2.07. The van der Waals surface area contributed by atoms with Crippen LogP contribution in [0.3, 0.4) is 0 Å².